The summed E-state index contributed by atoms with van der Waals surface area (Å²) in [7, 11) is 5.75. The molecule has 28 heavy (non-hydrogen) atoms. The molecule has 0 radical (unpaired) electrons. The van der Waals surface area contributed by atoms with E-state index in [1.807, 2.05) is 38.4 Å². The Morgan fingerprint density at radius 1 is 1.14 bits per heavy atom. The van der Waals surface area contributed by atoms with Gasteiger partial charge < -0.3 is 19.5 Å². The second-order valence-corrected chi connectivity index (χ2v) is 7.35. The molecule has 1 saturated heterocycles. The van der Waals surface area contributed by atoms with E-state index < -0.39 is 0 Å². The van der Waals surface area contributed by atoms with Gasteiger partial charge in [-0.15, -0.1) is 15.3 Å². The van der Waals surface area contributed by atoms with Gasteiger partial charge in [-0.25, -0.2) is 0 Å². The summed E-state index contributed by atoms with van der Waals surface area (Å²) in [4.78, 5) is 16.5. The summed E-state index contributed by atoms with van der Waals surface area (Å²) in [5.41, 5.74) is 1.52. The first-order valence-corrected chi connectivity index (χ1v) is 9.28. The summed E-state index contributed by atoms with van der Waals surface area (Å²) >= 11 is 0. The van der Waals surface area contributed by atoms with Crippen LogP contribution in [0.1, 0.15) is 12.8 Å². The van der Waals surface area contributed by atoms with Crippen LogP contribution in [0.4, 0.5) is 11.8 Å². The molecule has 0 atom stereocenters. The number of amides is 1. The first kappa shape index (κ1) is 18.3. The smallest absolute Gasteiger partial charge is 0.317 e. The van der Waals surface area contributed by atoms with Gasteiger partial charge in [0.1, 0.15) is 0 Å². The van der Waals surface area contributed by atoms with E-state index in [-0.39, 0.29) is 11.8 Å². The van der Waals surface area contributed by atoms with Crippen molar-refractivity contribution in [2.75, 3.05) is 44.4 Å². The second kappa shape index (κ2) is 7.51. The van der Waals surface area contributed by atoms with Crippen molar-refractivity contribution in [2.45, 2.75) is 12.8 Å². The van der Waals surface area contributed by atoms with E-state index in [1.54, 1.807) is 4.90 Å². The van der Waals surface area contributed by atoms with Gasteiger partial charge in [-0.1, -0.05) is 5.10 Å². The normalized spacial score (nSPS) is 15.7. The lowest BCUT2D eigenvalue weighted by Crippen LogP contribution is -2.36. The molecule has 1 aliphatic rings. The highest BCUT2D eigenvalue weighted by Crippen LogP contribution is 2.25. The summed E-state index contributed by atoms with van der Waals surface area (Å²) in [6.07, 6.45) is 1.72. The van der Waals surface area contributed by atoms with Crippen LogP contribution in [0.3, 0.4) is 0 Å². The monoisotopic (exact) mass is 381 g/mol. The predicted octanol–water partition coefficient (Wildman–Crippen LogP) is 2.03. The summed E-state index contributed by atoms with van der Waals surface area (Å²) < 4.78 is 5.66. The molecular formula is C19H23N7O2. The number of benzene rings is 1. The maximum atomic E-state index is 12.5. The standard InChI is InChI=1S/C19H23N7O2/c1-25(2)19-24-23-18(28-19)13-4-5-15-14(10-13)11-16(22-21-15)20-17(27)12-6-8-26(3)9-7-12/h4-5,10-12H,6-9H2,1-3H3,(H,20,22,27). The molecule has 9 heteroatoms. The topological polar surface area (TPSA) is 100 Å². The Morgan fingerprint density at radius 3 is 2.64 bits per heavy atom. The van der Waals surface area contributed by atoms with Gasteiger partial charge >= 0.3 is 6.01 Å². The zero-order valence-electron chi connectivity index (χ0n) is 16.2. The average Bonchev–Trinajstić information content (AvgIpc) is 3.18. The van der Waals surface area contributed by atoms with Crippen molar-refractivity contribution in [2.24, 2.45) is 5.92 Å². The van der Waals surface area contributed by atoms with E-state index in [0.29, 0.717) is 17.7 Å². The minimum absolute atomic E-state index is 0.00503. The van der Waals surface area contributed by atoms with Crippen LogP contribution >= 0.6 is 0 Å². The molecule has 9 nitrogen and oxygen atoms in total. The fraction of sp³-hybridized carbons (Fsp3) is 0.421. The molecule has 2 aromatic heterocycles. The number of carbonyl (C=O) groups excluding carboxylic acids is 1. The molecule has 1 fully saturated rings. The van der Waals surface area contributed by atoms with Crippen molar-refractivity contribution >= 4 is 28.6 Å². The number of piperidine rings is 1. The molecule has 3 heterocycles. The molecule has 0 saturated carbocycles. The van der Waals surface area contributed by atoms with E-state index in [4.69, 9.17) is 4.42 Å². The van der Waals surface area contributed by atoms with Crippen molar-refractivity contribution in [3.8, 4) is 11.5 Å². The maximum absolute atomic E-state index is 12.5. The lowest BCUT2D eigenvalue weighted by molar-refractivity contribution is -0.121. The number of nitrogens with zero attached hydrogens (tertiary/aromatic N) is 6. The summed E-state index contributed by atoms with van der Waals surface area (Å²) in [5.74, 6) is 0.903. The van der Waals surface area contributed by atoms with Crippen LogP contribution in [0.25, 0.3) is 22.4 Å². The first-order chi connectivity index (χ1) is 13.5. The highest BCUT2D eigenvalue weighted by atomic mass is 16.4. The highest BCUT2D eigenvalue weighted by molar-refractivity contribution is 5.94. The summed E-state index contributed by atoms with van der Waals surface area (Å²) in [5, 5.41) is 20.2. The molecule has 0 spiro atoms. The third-order valence-corrected chi connectivity index (χ3v) is 4.97. The number of rotatable bonds is 4. The molecule has 1 aliphatic heterocycles. The highest BCUT2D eigenvalue weighted by Gasteiger charge is 2.23. The van der Waals surface area contributed by atoms with Gasteiger partial charge in [0, 0.05) is 31.0 Å². The largest absolute Gasteiger partial charge is 0.403 e. The molecule has 0 aliphatic carbocycles. The summed E-state index contributed by atoms with van der Waals surface area (Å²) in [6.45, 7) is 1.87. The quantitative estimate of drug-likeness (QED) is 0.733. The fourth-order valence-corrected chi connectivity index (χ4v) is 3.25. The number of nitrogens with one attached hydrogen (secondary N) is 1. The SMILES string of the molecule is CN1CCC(C(=O)Nc2cc3cc(-c4nnc(N(C)C)o4)ccc3nn2)CC1. The van der Waals surface area contributed by atoms with Crippen LogP contribution in [0, 0.1) is 5.92 Å². The van der Waals surface area contributed by atoms with E-state index >= 15 is 0 Å². The third-order valence-electron chi connectivity index (χ3n) is 4.97. The lowest BCUT2D eigenvalue weighted by atomic mass is 9.96. The number of aromatic nitrogens is 4. The fourth-order valence-electron chi connectivity index (χ4n) is 3.25. The van der Waals surface area contributed by atoms with Crippen LogP contribution in [0.15, 0.2) is 28.7 Å². The Morgan fingerprint density at radius 2 is 1.93 bits per heavy atom. The number of hydrogen-bond acceptors (Lipinski definition) is 8. The number of hydrogen-bond donors (Lipinski definition) is 1. The van der Waals surface area contributed by atoms with Gasteiger partial charge in [0.2, 0.25) is 11.8 Å². The van der Waals surface area contributed by atoms with Crippen LogP contribution in [0.5, 0.6) is 0 Å². The van der Waals surface area contributed by atoms with Crippen LogP contribution in [-0.4, -0.2) is 65.4 Å². The number of anilines is 2. The molecule has 0 bridgehead atoms. The van der Waals surface area contributed by atoms with Gasteiger partial charge in [0.25, 0.3) is 0 Å². The van der Waals surface area contributed by atoms with Crippen LogP contribution in [-0.2, 0) is 4.79 Å². The summed E-state index contributed by atoms with van der Waals surface area (Å²) in [6, 6.07) is 7.87. The van der Waals surface area contributed by atoms with Crippen LogP contribution < -0.4 is 10.2 Å². The van der Waals surface area contributed by atoms with Gasteiger partial charge in [-0.2, -0.15) is 0 Å². The predicted molar refractivity (Wildman–Crippen MR) is 106 cm³/mol. The Bertz CT molecular complexity index is 993. The minimum atomic E-state index is 0.00503. The zero-order chi connectivity index (χ0) is 19.7. The van der Waals surface area contributed by atoms with E-state index in [0.717, 1.165) is 42.4 Å². The van der Waals surface area contributed by atoms with Crippen molar-refractivity contribution < 1.29 is 9.21 Å². The van der Waals surface area contributed by atoms with Crippen LogP contribution in [0.2, 0.25) is 0 Å². The molecule has 4 rings (SSSR count). The Labute approximate surface area is 162 Å². The molecule has 0 unspecified atom stereocenters. The molecular weight excluding hydrogens is 358 g/mol. The Hall–Kier alpha value is -3.07. The minimum Gasteiger partial charge on any atom is -0.403 e. The van der Waals surface area contributed by atoms with E-state index in [9.17, 15) is 4.79 Å². The Kier molecular flexibility index (Phi) is 4.91. The molecule has 1 N–H and O–H groups in total. The second-order valence-electron chi connectivity index (χ2n) is 7.35. The lowest BCUT2D eigenvalue weighted by Gasteiger charge is -2.27. The molecule has 3 aromatic rings. The number of fused-ring (bicyclic) bond motifs is 1. The van der Waals surface area contributed by atoms with Crippen molar-refractivity contribution in [1.29, 1.82) is 0 Å². The third kappa shape index (κ3) is 3.79. The number of likely N-dealkylation sites (tertiary alicyclic amines) is 1. The van der Waals surface area contributed by atoms with E-state index in [1.165, 1.54) is 0 Å². The van der Waals surface area contributed by atoms with Crippen molar-refractivity contribution in [3.63, 3.8) is 0 Å². The van der Waals surface area contributed by atoms with Gasteiger partial charge in [-0.3, -0.25) is 4.79 Å². The van der Waals surface area contributed by atoms with Gasteiger partial charge in [0.05, 0.1) is 5.52 Å². The van der Waals surface area contributed by atoms with Gasteiger partial charge in [0.15, 0.2) is 5.82 Å². The molecule has 146 valence electrons. The Balaban J connectivity index is 1.54. The molecule has 1 amide bonds. The van der Waals surface area contributed by atoms with Crippen molar-refractivity contribution in [1.82, 2.24) is 25.3 Å². The first-order valence-electron chi connectivity index (χ1n) is 9.28. The molecule has 1 aromatic carbocycles. The average molecular weight is 381 g/mol. The zero-order valence-corrected chi connectivity index (χ0v) is 16.2. The maximum Gasteiger partial charge on any atom is 0.317 e. The van der Waals surface area contributed by atoms with E-state index in [2.05, 4.69) is 37.7 Å². The number of carbonyl (C=O) groups is 1. The van der Waals surface area contributed by atoms with Crippen molar-refractivity contribution in [3.05, 3.63) is 24.3 Å². The van der Waals surface area contributed by atoms with Gasteiger partial charge in [-0.05, 0) is 57.2 Å².